The molecular weight excluding hydrogens is 148 g/mol. The summed E-state index contributed by atoms with van der Waals surface area (Å²) in [5.74, 6) is -0.844. The second kappa shape index (κ2) is 2.84. The maximum atomic E-state index is 10.4. The Morgan fingerprint density at radius 2 is 2.40 bits per heavy atom. The zero-order chi connectivity index (χ0) is 7.56. The van der Waals surface area contributed by atoms with Gasteiger partial charge in [0.15, 0.2) is 0 Å². The molecule has 0 amide bonds. The van der Waals surface area contributed by atoms with Crippen molar-refractivity contribution in [3.05, 3.63) is 23.1 Å². The molecule has 54 valence electrons. The molecule has 1 atom stereocenters. The predicted octanol–water partition coefficient (Wildman–Crippen LogP) is 1.23. The molecular formula is C7H8O2S. The maximum Gasteiger partial charge on any atom is 0.336 e. The van der Waals surface area contributed by atoms with Crippen molar-refractivity contribution in [3.8, 4) is 0 Å². The highest BCUT2D eigenvalue weighted by Crippen LogP contribution is 2.14. The summed E-state index contributed by atoms with van der Waals surface area (Å²) in [6, 6.07) is 0. The van der Waals surface area contributed by atoms with Crippen LogP contribution in [0.15, 0.2) is 23.1 Å². The summed E-state index contributed by atoms with van der Waals surface area (Å²) in [5, 5.41) is 12.3. The van der Waals surface area contributed by atoms with Crippen LogP contribution in [0.1, 0.15) is 0 Å². The first-order valence-corrected chi connectivity index (χ1v) is 4.56. The molecule has 10 heavy (non-hydrogen) atoms. The Kier molecular flexibility index (Phi) is 2.06. The second-order valence-corrected chi connectivity index (χ2v) is 3.70. The lowest BCUT2D eigenvalue weighted by molar-refractivity contribution is -0.131. The topological polar surface area (TPSA) is 37.3 Å². The van der Waals surface area contributed by atoms with Crippen LogP contribution >= 0.6 is 10.5 Å². The van der Waals surface area contributed by atoms with Gasteiger partial charge in [0.05, 0.1) is 5.57 Å². The van der Waals surface area contributed by atoms with E-state index in [1.165, 1.54) is 0 Å². The van der Waals surface area contributed by atoms with Crippen molar-refractivity contribution in [2.75, 3.05) is 6.26 Å². The van der Waals surface area contributed by atoms with E-state index in [0.717, 1.165) is 0 Å². The number of allylic oxidation sites excluding steroid dienone is 2. The van der Waals surface area contributed by atoms with E-state index in [4.69, 9.17) is 5.11 Å². The molecule has 1 N–H and O–H groups in total. The Labute approximate surface area is 61.8 Å². The van der Waals surface area contributed by atoms with Crippen molar-refractivity contribution < 1.29 is 9.90 Å². The average Bonchev–Trinajstić information content (AvgIpc) is 1.88. The molecule has 0 saturated heterocycles. The third-order valence-electron chi connectivity index (χ3n) is 1.13. The van der Waals surface area contributed by atoms with Crippen LogP contribution < -0.4 is 0 Å². The number of carboxylic acids is 1. The molecule has 3 heteroatoms. The molecule has 1 aliphatic heterocycles. The zero-order valence-corrected chi connectivity index (χ0v) is 6.39. The first kappa shape index (κ1) is 7.28. The molecule has 1 unspecified atom stereocenters. The minimum absolute atomic E-state index is 0.00448. The largest absolute Gasteiger partial charge is 0.478 e. The molecule has 2 nitrogen and oxygen atoms in total. The van der Waals surface area contributed by atoms with Crippen LogP contribution in [-0.4, -0.2) is 22.7 Å². The van der Waals surface area contributed by atoms with Gasteiger partial charge in [-0.25, -0.2) is 4.79 Å². The summed E-state index contributed by atoms with van der Waals surface area (Å²) in [7, 11) is 0.00448. The summed E-state index contributed by atoms with van der Waals surface area (Å²) in [6.07, 6.45) is 5.37. The quantitative estimate of drug-likeness (QED) is 0.580. The smallest absolute Gasteiger partial charge is 0.336 e. The molecule has 1 aliphatic rings. The minimum atomic E-state index is -0.844. The third-order valence-corrected chi connectivity index (χ3v) is 2.34. The lowest BCUT2D eigenvalue weighted by Gasteiger charge is -2.00. The van der Waals surface area contributed by atoms with Crippen LogP contribution in [0.25, 0.3) is 0 Å². The first-order chi connectivity index (χ1) is 4.70. The van der Waals surface area contributed by atoms with E-state index in [2.05, 4.69) is 0 Å². The fourth-order valence-corrected chi connectivity index (χ4v) is 1.65. The summed E-state index contributed by atoms with van der Waals surface area (Å²) in [6.45, 7) is 0. The molecule has 0 fully saturated rings. The molecule has 0 radical (unpaired) electrons. The SMILES string of the molecule is CS1=CC(C(=O)O)=CC=C1. The maximum absolute atomic E-state index is 10.4. The number of carbonyl (C=O) groups is 1. The molecule has 0 aromatic carbocycles. The van der Waals surface area contributed by atoms with Gasteiger partial charge in [-0.05, 0) is 23.1 Å². The number of rotatable bonds is 1. The minimum Gasteiger partial charge on any atom is -0.478 e. The fourth-order valence-electron chi connectivity index (χ4n) is 0.667. The van der Waals surface area contributed by atoms with E-state index in [1.54, 1.807) is 17.5 Å². The van der Waals surface area contributed by atoms with Crippen LogP contribution in [0.2, 0.25) is 0 Å². The summed E-state index contributed by atoms with van der Waals surface area (Å²) in [5.41, 5.74) is 0.397. The number of carboxylic acid groups (broad SMARTS) is 1. The van der Waals surface area contributed by atoms with Gasteiger partial charge >= 0.3 is 5.97 Å². The normalized spacial score (nSPS) is 23.3. The summed E-state index contributed by atoms with van der Waals surface area (Å²) < 4.78 is 0. The van der Waals surface area contributed by atoms with Crippen LogP contribution in [0, 0.1) is 0 Å². The Bertz CT molecular complexity index is 246. The van der Waals surface area contributed by atoms with Gasteiger partial charge < -0.3 is 5.11 Å². The highest BCUT2D eigenvalue weighted by atomic mass is 32.2. The Morgan fingerprint density at radius 1 is 1.70 bits per heavy atom. The Hall–Kier alpha value is -0.830. The van der Waals surface area contributed by atoms with Gasteiger partial charge in [-0.3, -0.25) is 0 Å². The van der Waals surface area contributed by atoms with Gasteiger partial charge in [0, 0.05) is 0 Å². The van der Waals surface area contributed by atoms with E-state index >= 15 is 0 Å². The third kappa shape index (κ3) is 1.57. The highest BCUT2D eigenvalue weighted by molar-refractivity contribution is 8.17. The summed E-state index contributed by atoms with van der Waals surface area (Å²) in [4.78, 5) is 10.4. The first-order valence-electron chi connectivity index (χ1n) is 2.80. The molecule has 0 bridgehead atoms. The Morgan fingerprint density at radius 3 is 2.80 bits per heavy atom. The Balaban J connectivity index is 2.92. The standard InChI is InChI=1S/C7H8O2S/c1-10-4-2-3-6(5-10)7(8)9/h2-5H,1H3,(H,8,9). The average molecular weight is 156 g/mol. The lowest BCUT2D eigenvalue weighted by atomic mass is 10.3. The van der Waals surface area contributed by atoms with Crippen LogP contribution in [0.3, 0.4) is 0 Å². The van der Waals surface area contributed by atoms with Crippen molar-refractivity contribution >= 4 is 21.8 Å². The zero-order valence-electron chi connectivity index (χ0n) is 5.57. The molecule has 0 spiro atoms. The molecule has 0 saturated carbocycles. The highest BCUT2D eigenvalue weighted by Gasteiger charge is 2.03. The molecule has 0 aromatic rings. The number of aliphatic carboxylic acids is 1. The van der Waals surface area contributed by atoms with Gasteiger partial charge in [-0.15, -0.1) is 0 Å². The van der Waals surface area contributed by atoms with Crippen molar-refractivity contribution in [2.45, 2.75) is 0 Å². The lowest BCUT2D eigenvalue weighted by Crippen LogP contribution is -2.02. The second-order valence-electron chi connectivity index (χ2n) is 1.98. The number of hydrogen-bond donors (Lipinski definition) is 1. The van der Waals surface area contributed by atoms with Gasteiger partial charge in [0.2, 0.25) is 0 Å². The molecule has 1 heterocycles. The van der Waals surface area contributed by atoms with E-state index in [1.807, 2.05) is 11.7 Å². The van der Waals surface area contributed by atoms with Crippen molar-refractivity contribution in [1.82, 2.24) is 0 Å². The fraction of sp³-hybridized carbons (Fsp3) is 0.143. The van der Waals surface area contributed by atoms with Gasteiger partial charge in [0.25, 0.3) is 0 Å². The molecule has 1 rings (SSSR count). The van der Waals surface area contributed by atoms with Gasteiger partial charge in [-0.1, -0.05) is 6.08 Å². The van der Waals surface area contributed by atoms with E-state index < -0.39 is 5.97 Å². The van der Waals surface area contributed by atoms with Gasteiger partial charge in [0.1, 0.15) is 0 Å². The van der Waals surface area contributed by atoms with Crippen LogP contribution in [0.5, 0.6) is 0 Å². The van der Waals surface area contributed by atoms with E-state index in [-0.39, 0.29) is 10.5 Å². The molecule has 0 aromatic heterocycles. The van der Waals surface area contributed by atoms with Crippen molar-refractivity contribution in [3.63, 3.8) is 0 Å². The van der Waals surface area contributed by atoms with Crippen LogP contribution in [0.4, 0.5) is 0 Å². The van der Waals surface area contributed by atoms with E-state index in [9.17, 15) is 4.79 Å². The number of hydrogen-bond acceptors (Lipinski definition) is 1. The van der Waals surface area contributed by atoms with Crippen molar-refractivity contribution in [1.29, 1.82) is 0 Å². The predicted molar refractivity (Wildman–Crippen MR) is 44.4 cm³/mol. The van der Waals surface area contributed by atoms with Crippen molar-refractivity contribution in [2.24, 2.45) is 0 Å². The van der Waals surface area contributed by atoms with E-state index in [0.29, 0.717) is 5.57 Å². The summed E-state index contributed by atoms with van der Waals surface area (Å²) >= 11 is 0. The monoisotopic (exact) mass is 156 g/mol. The van der Waals surface area contributed by atoms with Crippen LogP contribution in [-0.2, 0) is 4.79 Å². The van der Waals surface area contributed by atoms with Gasteiger partial charge in [-0.2, -0.15) is 10.5 Å². The molecule has 0 aliphatic carbocycles.